The lowest BCUT2D eigenvalue weighted by Crippen LogP contribution is -2.38. The van der Waals surface area contributed by atoms with Gasteiger partial charge in [0.15, 0.2) is 17.6 Å². The van der Waals surface area contributed by atoms with Gasteiger partial charge in [-0.3, -0.25) is 0 Å². The molecular weight excluding hydrogens is 366 g/mol. The van der Waals surface area contributed by atoms with E-state index in [4.69, 9.17) is 15.6 Å². The molecule has 0 amide bonds. The highest BCUT2D eigenvalue weighted by Gasteiger charge is 2.43. The molecule has 9 heteroatoms. The fraction of sp³-hybridized carbons (Fsp3) is 0.455. The Morgan fingerprint density at radius 1 is 1.40 bits per heavy atom. The highest BCUT2D eigenvalue weighted by Crippen LogP contribution is 2.38. The van der Waals surface area contributed by atoms with Crippen molar-refractivity contribution in [1.29, 1.82) is 0 Å². The molecule has 1 aromatic rings. The van der Waals surface area contributed by atoms with Crippen LogP contribution in [-0.2, 0) is 0 Å². The van der Waals surface area contributed by atoms with Crippen LogP contribution < -0.4 is 10.5 Å². The SMILES string of the molecule is CCOc1cc([C@@H](N)[C@@H](O)C(F)(F)F)cc(Br)c1O.Cl. The molecule has 0 fully saturated rings. The highest BCUT2D eigenvalue weighted by molar-refractivity contribution is 9.10. The molecule has 20 heavy (non-hydrogen) atoms. The zero-order valence-corrected chi connectivity index (χ0v) is 12.7. The molecule has 0 radical (unpaired) electrons. The van der Waals surface area contributed by atoms with Gasteiger partial charge in [-0.1, -0.05) is 0 Å². The maximum atomic E-state index is 12.4. The van der Waals surface area contributed by atoms with Crippen molar-refractivity contribution in [3.63, 3.8) is 0 Å². The Bertz CT molecular complexity index is 459. The topological polar surface area (TPSA) is 75.7 Å². The van der Waals surface area contributed by atoms with E-state index in [0.717, 1.165) is 0 Å². The maximum Gasteiger partial charge on any atom is 0.416 e. The molecule has 1 aromatic carbocycles. The van der Waals surface area contributed by atoms with Crippen molar-refractivity contribution < 1.29 is 28.1 Å². The van der Waals surface area contributed by atoms with Gasteiger partial charge in [0.2, 0.25) is 0 Å². The molecule has 0 unspecified atom stereocenters. The van der Waals surface area contributed by atoms with E-state index in [-0.39, 0.29) is 40.5 Å². The third-order valence-corrected chi connectivity index (χ3v) is 3.02. The van der Waals surface area contributed by atoms with Gasteiger partial charge in [0.1, 0.15) is 0 Å². The van der Waals surface area contributed by atoms with Gasteiger partial charge in [0.05, 0.1) is 17.1 Å². The van der Waals surface area contributed by atoms with Crippen LogP contribution in [0.5, 0.6) is 11.5 Å². The lowest BCUT2D eigenvalue weighted by Gasteiger charge is -2.22. The van der Waals surface area contributed by atoms with E-state index in [2.05, 4.69) is 15.9 Å². The fourth-order valence-electron chi connectivity index (χ4n) is 1.44. The van der Waals surface area contributed by atoms with Gasteiger partial charge in [-0.2, -0.15) is 13.2 Å². The summed E-state index contributed by atoms with van der Waals surface area (Å²) in [6.45, 7) is 1.88. The first kappa shape index (κ1) is 19.3. The van der Waals surface area contributed by atoms with Crippen molar-refractivity contribution in [2.45, 2.75) is 25.2 Å². The summed E-state index contributed by atoms with van der Waals surface area (Å²) in [7, 11) is 0. The second kappa shape index (κ2) is 7.35. The first-order valence-corrected chi connectivity index (χ1v) is 6.13. The summed E-state index contributed by atoms with van der Waals surface area (Å²) in [4.78, 5) is 0. The summed E-state index contributed by atoms with van der Waals surface area (Å²) >= 11 is 2.99. The summed E-state index contributed by atoms with van der Waals surface area (Å²) in [6.07, 6.45) is -7.52. The first-order valence-electron chi connectivity index (χ1n) is 5.34. The van der Waals surface area contributed by atoms with E-state index in [1.54, 1.807) is 6.92 Å². The predicted octanol–water partition coefficient (Wildman–Crippen LogP) is 2.90. The van der Waals surface area contributed by atoms with E-state index in [9.17, 15) is 18.3 Å². The Hall–Kier alpha value is -0.700. The van der Waals surface area contributed by atoms with E-state index >= 15 is 0 Å². The highest BCUT2D eigenvalue weighted by atomic mass is 79.9. The molecule has 0 aliphatic carbocycles. The van der Waals surface area contributed by atoms with Crippen molar-refractivity contribution in [3.05, 3.63) is 22.2 Å². The Balaban J connectivity index is 0.00000361. The van der Waals surface area contributed by atoms with Gasteiger partial charge < -0.3 is 20.7 Å². The molecule has 0 heterocycles. The average Bonchev–Trinajstić information content (AvgIpc) is 2.32. The van der Waals surface area contributed by atoms with Crippen LogP contribution >= 0.6 is 28.3 Å². The van der Waals surface area contributed by atoms with Crippen LogP contribution in [0, 0.1) is 0 Å². The number of alkyl halides is 3. The summed E-state index contributed by atoms with van der Waals surface area (Å²) in [5.41, 5.74) is 5.38. The van der Waals surface area contributed by atoms with Crippen molar-refractivity contribution in [2.75, 3.05) is 6.61 Å². The van der Waals surface area contributed by atoms with Gasteiger partial charge in [0, 0.05) is 0 Å². The number of ether oxygens (including phenoxy) is 1. The van der Waals surface area contributed by atoms with Gasteiger partial charge in [-0.15, -0.1) is 12.4 Å². The number of phenols is 1. The normalized spacial score (nSPS) is 14.3. The summed E-state index contributed by atoms with van der Waals surface area (Å²) in [5.74, 6) is -0.240. The number of benzene rings is 1. The number of halogens is 5. The summed E-state index contributed by atoms with van der Waals surface area (Å²) < 4.78 is 42.4. The zero-order valence-electron chi connectivity index (χ0n) is 10.3. The molecule has 0 saturated heterocycles. The number of nitrogens with two attached hydrogens (primary N) is 1. The standard InChI is InChI=1S/C11H13BrF3NO3.ClH/c1-2-19-7-4-5(3-6(12)9(7)17)8(16)10(18)11(13,14)15;/h3-4,8,10,17-18H,2,16H2,1H3;1H/t8-,10-;/m1./s1. The third-order valence-electron chi connectivity index (χ3n) is 2.41. The lowest BCUT2D eigenvalue weighted by molar-refractivity contribution is -0.210. The van der Waals surface area contributed by atoms with Crippen molar-refractivity contribution in [1.82, 2.24) is 0 Å². The van der Waals surface area contributed by atoms with Crippen LogP contribution in [0.4, 0.5) is 13.2 Å². The fourth-order valence-corrected chi connectivity index (χ4v) is 1.90. The predicted molar refractivity (Wildman–Crippen MR) is 73.2 cm³/mol. The number of rotatable bonds is 4. The van der Waals surface area contributed by atoms with E-state index in [1.165, 1.54) is 12.1 Å². The molecule has 0 bridgehead atoms. The lowest BCUT2D eigenvalue weighted by atomic mass is 10.0. The number of phenolic OH excluding ortho intramolecular Hbond substituents is 1. The molecule has 0 aliphatic heterocycles. The smallest absolute Gasteiger partial charge is 0.416 e. The zero-order chi connectivity index (χ0) is 14.8. The largest absolute Gasteiger partial charge is 0.503 e. The Morgan fingerprint density at radius 3 is 2.40 bits per heavy atom. The molecular formula is C11H14BrClF3NO3. The molecule has 1 rings (SSSR count). The van der Waals surface area contributed by atoms with Gasteiger partial charge in [0.25, 0.3) is 0 Å². The Labute approximate surface area is 128 Å². The maximum absolute atomic E-state index is 12.4. The second-order valence-electron chi connectivity index (χ2n) is 3.79. The Morgan fingerprint density at radius 2 is 1.95 bits per heavy atom. The van der Waals surface area contributed by atoms with E-state index < -0.39 is 18.3 Å². The van der Waals surface area contributed by atoms with Crippen LogP contribution in [-0.4, -0.2) is 29.1 Å². The van der Waals surface area contributed by atoms with Crippen LogP contribution in [0.15, 0.2) is 16.6 Å². The minimum atomic E-state index is -4.82. The van der Waals surface area contributed by atoms with Gasteiger partial charge in [-0.05, 0) is 40.5 Å². The molecule has 4 nitrogen and oxygen atoms in total. The summed E-state index contributed by atoms with van der Waals surface area (Å²) in [6, 6.07) is 0.705. The number of hydrogen-bond donors (Lipinski definition) is 3. The third kappa shape index (κ3) is 4.41. The number of aliphatic hydroxyl groups excluding tert-OH is 1. The van der Waals surface area contributed by atoms with Crippen molar-refractivity contribution in [2.24, 2.45) is 5.73 Å². The van der Waals surface area contributed by atoms with Crippen LogP contribution in [0.1, 0.15) is 18.5 Å². The van der Waals surface area contributed by atoms with Crippen LogP contribution in [0.2, 0.25) is 0 Å². The quantitative estimate of drug-likeness (QED) is 0.751. The molecule has 2 atom stereocenters. The van der Waals surface area contributed by atoms with Crippen LogP contribution in [0.25, 0.3) is 0 Å². The second-order valence-corrected chi connectivity index (χ2v) is 4.65. The number of hydrogen-bond acceptors (Lipinski definition) is 4. The monoisotopic (exact) mass is 379 g/mol. The minimum absolute atomic E-state index is 0. The summed E-state index contributed by atoms with van der Waals surface area (Å²) in [5, 5.41) is 18.8. The van der Waals surface area contributed by atoms with Crippen molar-refractivity contribution >= 4 is 28.3 Å². The van der Waals surface area contributed by atoms with Gasteiger partial charge in [-0.25, -0.2) is 0 Å². The van der Waals surface area contributed by atoms with Crippen LogP contribution in [0.3, 0.4) is 0 Å². The Kier molecular flexibility index (Phi) is 7.09. The average molecular weight is 381 g/mol. The molecule has 116 valence electrons. The molecule has 0 aromatic heterocycles. The molecule has 0 spiro atoms. The molecule has 4 N–H and O–H groups in total. The first-order chi connectivity index (χ1) is 8.68. The van der Waals surface area contributed by atoms with E-state index in [1.807, 2.05) is 0 Å². The van der Waals surface area contributed by atoms with Crippen molar-refractivity contribution in [3.8, 4) is 11.5 Å². The van der Waals surface area contributed by atoms with Gasteiger partial charge >= 0.3 is 6.18 Å². The number of aliphatic hydroxyl groups is 1. The minimum Gasteiger partial charge on any atom is -0.503 e. The molecule has 0 saturated carbocycles. The number of aromatic hydroxyl groups is 1. The molecule has 0 aliphatic rings. The van der Waals surface area contributed by atoms with E-state index in [0.29, 0.717) is 0 Å².